The van der Waals surface area contributed by atoms with Gasteiger partial charge in [-0.3, -0.25) is 5.32 Å². The van der Waals surface area contributed by atoms with Crippen molar-refractivity contribution in [3.05, 3.63) is 35.9 Å². The predicted octanol–water partition coefficient (Wildman–Crippen LogP) is 3.28. The fraction of sp³-hybridized carbons (Fsp3) is 0.462. The van der Waals surface area contributed by atoms with Crippen LogP contribution >= 0.6 is 0 Å². The minimum Gasteiger partial charge on any atom is -0.296 e. The summed E-state index contributed by atoms with van der Waals surface area (Å²) in [5, 5.41) is 11.8. The molecule has 0 saturated heterocycles. The van der Waals surface area contributed by atoms with Crippen molar-refractivity contribution < 1.29 is 0 Å². The molecule has 0 saturated carbocycles. The minimum atomic E-state index is -0.102. The molecule has 2 atom stereocenters. The van der Waals surface area contributed by atoms with Crippen LogP contribution in [-0.2, 0) is 0 Å². The summed E-state index contributed by atoms with van der Waals surface area (Å²) in [4.78, 5) is 0. The van der Waals surface area contributed by atoms with Crippen molar-refractivity contribution in [2.24, 2.45) is 0 Å². The lowest BCUT2D eigenvalue weighted by atomic mass is 10.1. The van der Waals surface area contributed by atoms with Gasteiger partial charge in [0.2, 0.25) is 0 Å². The lowest BCUT2D eigenvalue weighted by Gasteiger charge is -2.15. The van der Waals surface area contributed by atoms with Gasteiger partial charge in [-0.25, -0.2) is 0 Å². The average molecular weight is 204 g/mol. The molecule has 1 N–H and O–H groups in total. The summed E-state index contributed by atoms with van der Waals surface area (Å²) in [5.41, 5.74) is 1.21. The smallest absolute Gasteiger partial charge is 0.0929 e. The van der Waals surface area contributed by atoms with E-state index in [1.54, 1.807) is 0 Å². The molecule has 82 valence electrons. The normalized spacial score (nSPS) is 13.0. The van der Waals surface area contributed by atoms with E-state index in [0.717, 1.165) is 0 Å². The van der Waals surface area contributed by atoms with Crippen LogP contribution in [0.3, 0.4) is 0 Å². The predicted molar refractivity (Wildman–Crippen MR) is 64.4 cm³/mol. The molecule has 15 heavy (non-hydrogen) atoms. The third-order valence-electron chi connectivity index (χ3n) is 1.99. The fourth-order valence-electron chi connectivity index (χ4n) is 1.25. The molecule has 0 aromatic heterocycles. The highest BCUT2D eigenvalue weighted by atomic mass is 14.9. The first kappa shape index (κ1) is 13.7. The Morgan fingerprint density at radius 1 is 1.13 bits per heavy atom. The number of rotatable bonds is 3. The molecule has 0 bridgehead atoms. The number of nitrogens with one attached hydrogen (secondary N) is 1. The Bertz CT molecular complexity index is 287. The minimum absolute atomic E-state index is 0.102. The van der Waals surface area contributed by atoms with E-state index in [0.29, 0.717) is 0 Å². The second-order valence-electron chi connectivity index (χ2n) is 3.15. The van der Waals surface area contributed by atoms with Crippen molar-refractivity contribution in [3.8, 4) is 6.07 Å². The van der Waals surface area contributed by atoms with Gasteiger partial charge in [-0.05, 0) is 19.4 Å². The molecular weight excluding hydrogens is 184 g/mol. The number of nitrogens with zero attached hydrogens (tertiary/aromatic N) is 1. The van der Waals surface area contributed by atoms with Crippen LogP contribution in [0.15, 0.2) is 30.3 Å². The summed E-state index contributed by atoms with van der Waals surface area (Å²) in [6.45, 7) is 7.92. The van der Waals surface area contributed by atoms with E-state index in [4.69, 9.17) is 5.26 Å². The highest BCUT2D eigenvalue weighted by Crippen LogP contribution is 2.11. The van der Waals surface area contributed by atoms with Gasteiger partial charge in [0.05, 0.1) is 12.1 Å². The monoisotopic (exact) mass is 204 g/mol. The van der Waals surface area contributed by atoms with Gasteiger partial charge in [-0.15, -0.1) is 0 Å². The SMILES string of the molecule is CC.CC(C#N)NC(C)c1ccccc1. The Labute approximate surface area is 92.9 Å². The first-order valence-corrected chi connectivity index (χ1v) is 5.44. The third kappa shape index (κ3) is 5.19. The van der Waals surface area contributed by atoms with Crippen molar-refractivity contribution in [1.82, 2.24) is 5.32 Å². The molecule has 2 heteroatoms. The zero-order valence-corrected chi connectivity index (χ0v) is 9.99. The van der Waals surface area contributed by atoms with Crippen LogP contribution in [0.5, 0.6) is 0 Å². The van der Waals surface area contributed by atoms with E-state index in [1.165, 1.54) is 5.56 Å². The quantitative estimate of drug-likeness (QED) is 0.820. The summed E-state index contributed by atoms with van der Waals surface area (Å²) in [7, 11) is 0. The Morgan fingerprint density at radius 3 is 2.13 bits per heavy atom. The summed E-state index contributed by atoms with van der Waals surface area (Å²) in [6, 6.07) is 12.4. The van der Waals surface area contributed by atoms with Gasteiger partial charge >= 0.3 is 0 Å². The lowest BCUT2D eigenvalue weighted by Crippen LogP contribution is -2.27. The van der Waals surface area contributed by atoms with E-state index in [1.807, 2.05) is 39.0 Å². The van der Waals surface area contributed by atoms with E-state index < -0.39 is 0 Å². The number of benzene rings is 1. The summed E-state index contributed by atoms with van der Waals surface area (Å²) in [5.74, 6) is 0. The van der Waals surface area contributed by atoms with Crippen molar-refractivity contribution in [1.29, 1.82) is 5.26 Å². The van der Waals surface area contributed by atoms with E-state index in [2.05, 4.69) is 30.4 Å². The molecule has 0 aliphatic heterocycles. The summed E-state index contributed by atoms with van der Waals surface area (Å²) >= 11 is 0. The van der Waals surface area contributed by atoms with Gasteiger partial charge in [0, 0.05) is 6.04 Å². The largest absolute Gasteiger partial charge is 0.296 e. The maximum absolute atomic E-state index is 8.62. The Kier molecular flexibility index (Phi) is 7.31. The second kappa shape index (κ2) is 8.02. The number of hydrogen-bond donors (Lipinski definition) is 1. The standard InChI is InChI=1S/C11H14N2.C2H6/c1-9(8-12)13-10(2)11-6-4-3-5-7-11;1-2/h3-7,9-10,13H,1-2H3;1-2H3. The Morgan fingerprint density at radius 2 is 1.67 bits per heavy atom. The zero-order valence-electron chi connectivity index (χ0n) is 9.99. The molecule has 2 nitrogen and oxygen atoms in total. The molecule has 0 heterocycles. The highest BCUT2D eigenvalue weighted by Gasteiger charge is 2.06. The van der Waals surface area contributed by atoms with Crippen LogP contribution in [0, 0.1) is 11.3 Å². The average Bonchev–Trinajstić information content (AvgIpc) is 2.32. The third-order valence-corrected chi connectivity index (χ3v) is 1.99. The van der Waals surface area contributed by atoms with E-state index in [9.17, 15) is 0 Å². The molecule has 0 radical (unpaired) electrons. The van der Waals surface area contributed by atoms with Gasteiger partial charge in [-0.1, -0.05) is 44.2 Å². The van der Waals surface area contributed by atoms with Gasteiger partial charge in [0.25, 0.3) is 0 Å². The van der Waals surface area contributed by atoms with Crippen molar-refractivity contribution in [2.45, 2.75) is 39.8 Å². The van der Waals surface area contributed by atoms with E-state index >= 15 is 0 Å². The Balaban J connectivity index is 0.000000921. The van der Waals surface area contributed by atoms with Gasteiger partial charge < -0.3 is 0 Å². The van der Waals surface area contributed by atoms with Gasteiger partial charge in [0.15, 0.2) is 0 Å². The summed E-state index contributed by atoms with van der Waals surface area (Å²) < 4.78 is 0. The topological polar surface area (TPSA) is 35.8 Å². The van der Waals surface area contributed by atoms with Crippen LogP contribution in [0.4, 0.5) is 0 Å². The van der Waals surface area contributed by atoms with Crippen molar-refractivity contribution >= 4 is 0 Å². The van der Waals surface area contributed by atoms with Gasteiger partial charge in [0.1, 0.15) is 0 Å². The molecule has 1 aromatic rings. The van der Waals surface area contributed by atoms with Crippen LogP contribution in [0.1, 0.15) is 39.3 Å². The maximum atomic E-state index is 8.62. The molecule has 2 unspecified atom stereocenters. The zero-order chi connectivity index (χ0) is 11.7. The lowest BCUT2D eigenvalue weighted by molar-refractivity contribution is 0.543. The molecule has 0 aliphatic rings. The van der Waals surface area contributed by atoms with Crippen LogP contribution in [0.2, 0.25) is 0 Å². The second-order valence-corrected chi connectivity index (χ2v) is 3.15. The van der Waals surface area contributed by atoms with E-state index in [-0.39, 0.29) is 12.1 Å². The summed E-state index contributed by atoms with van der Waals surface area (Å²) in [6.07, 6.45) is 0. The maximum Gasteiger partial charge on any atom is 0.0929 e. The molecule has 1 aromatic carbocycles. The number of nitriles is 1. The van der Waals surface area contributed by atoms with Crippen LogP contribution in [0.25, 0.3) is 0 Å². The van der Waals surface area contributed by atoms with Crippen molar-refractivity contribution in [3.63, 3.8) is 0 Å². The van der Waals surface area contributed by atoms with Crippen LogP contribution < -0.4 is 5.32 Å². The van der Waals surface area contributed by atoms with Crippen LogP contribution in [-0.4, -0.2) is 6.04 Å². The van der Waals surface area contributed by atoms with Gasteiger partial charge in [-0.2, -0.15) is 5.26 Å². The molecule has 0 amide bonds. The molecule has 0 spiro atoms. The Hall–Kier alpha value is -1.33. The first-order chi connectivity index (χ1) is 7.24. The molecule has 0 fully saturated rings. The molecule has 1 rings (SSSR count). The van der Waals surface area contributed by atoms with Crippen molar-refractivity contribution in [2.75, 3.05) is 0 Å². The molecular formula is C13H20N2. The first-order valence-electron chi connectivity index (χ1n) is 5.44. The fourth-order valence-corrected chi connectivity index (χ4v) is 1.25. The number of hydrogen-bond acceptors (Lipinski definition) is 2. The highest BCUT2D eigenvalue weighted by molar-refractivity contribution is 5.18. The molecule has 0 aliphatic carbocycles.